The number of hydrogen-bond donors (Lipinski definition) is 2. The quantitative estimate of drug-likeness (QED) is 0.461. The first kappa shape index (κ1) is 20.1. The van der Waals surface area contributed by atoms with E-state index >= 15 is 0 Å². The molecule has 1 aliphatic rings. The molecule has 3 aromatic carbocycles. The zero-order chi connectivity index (χ0) is 22.1. The van der Waals surface area contributed by atoms with Gasteiger partial charge in [0.25, 0.3) is 0 Å². The fourth-order valence-corrected chi connectivity index (χ4v) is 4.08. The molecular formula is C23H20N4O4S. The van der Waals surface area contributed by atoms with Crippen molar-refractivity contribution in [3.8, 4) is 34.3 Å². The first-order valence-corrected chi connectivity index (χ1v) is 11.8. The van der Waals surface area contributed by atoms with Gasteiger partial charge in [0.1, 0.15) is 0 Å². The topological polar surface area (TPSA) is 106 Å². The predicted octanol–water partition coefficient (Wildman–Crippen LogP) is 3.88. The Balaban J connectivity index is 1.36. The molecule has 0 spiro atoms. The molecule has 0 atom stereocenters. The van der Waals surface area contributed by atoms with Gasteiger partial charge in [0.05, 0.1) is 4.90 Å². The van der Waals surface area contributed by atoms with Crippen molar-refractivity contribution < 1.29 is 17.9 Å². The smallest absolute Gasteiger partial charge is 0.231 e. The molecule has 0 bridgehead atoms. The zero-order valence-corrected chi connectivity index (χ0v) is 18.0. The van der Waals surface area contributed by atoms with E-state index in [1.54, 1.807) is 24.3 Å². The molecule has 0 amide bonds. The van der Waals surface area contributed by atoms with Crippen molar-refractivity contribution in [2.24, 2.45) is 0 Å². The number of nitrogens with zero attached hydrogens (tertiary/aromatic N) is 2. The summed E-state index contributed by atoms with van der Waals surface area (Å²) in [6.07, 6.45) is 1.18. The Bertz CT molecular complexity index is 1380. The molecule has 162 valence electrons. The van der Waals surface area contributed by atoms with Crippen LogP contribution in [-0.2, 0) is 16.4 Å². The lowest BCUT2D eigenvalue weighted by molar-refractivity contribution is 0.174. The number of rotatable bonds is 6. The highest BCUT2D eigenvalue weighted by Gasteiger charge is 2.15. The fraction of sp³-hybridized carbons (Fsp3) is 0.130. The number of sulfone groups is 1. The van der Waals surface area contributed by atoms with E-state index in [0.717, 1.165) is 33.9 Å². The maximum Gasteiger partial charge on any atom is 0.231 e. The van der Waals surface area contributed by atoms with Crippen molar-refractivity contribution in [3.05, 3.63) is 72.3 Å². The van der Waals surface area contributed by atoms with Crippen molar-refractivity contribution in [2.75, 3.05) is 18.4 Å². The molecule has 9 heteroatoms. The molecule has 32 heavy (non-hydrogen) atoms. The molecule has 4 aromatic rings. The van der Waals surface area contributed by atoms with Crippen LogP contribution in [0.15, 0.2) is 71.6 Å². The van der Waals surface area contributed by atoms with Gasteiger partial charge in [-0.2, -0.15) is 5.10 Å². The lowest BCUT2D eigenvalue weighted by atomic mass is 10.1. The standard InChI is InChI=1S/C23H20N4O4S/c1-32(28,29)17-9-7-16(8-10-17)22-25-23(27-26-22)18-4-2-3-5-19(18)24-13-15-6-11-20-21(12-15)31-14-30-20/h2-12,24H,13-14H2,1H3,(H,25,26,27). The number of para-hydroxylation sites is 1. The zero-order valence-electron chi connectivity index (χ0n) is 17.2. The molecule has 0 unspecified atom stereocenters. The van der Waals surface area contributed by atoms with Crippen LogP contribution in [0.3, 0.4) is 0 Å². The van der Waals surface area contributed by atoms with E-state index < -0.39 is 9.84 Å². The van der Waals surface area contributed by atoms with Gasteiger partial charge in [0.15, 0.2) is 33.0 Å². The molecular weight excluding hydrogens is 428 g/mol. The largest absolute Gasteiger partial charge is 0.454 e. The van der Waals surface area contributed by atoms with Gasteiger partial charge >= 0.3 is 0 Å². The number of anilines is 1. The van der Waals surface area contributed by atoms with Gasteiger partial charge in [-0.05, 0) is 54.1 Å². The SMILES string of the molecule is CS(=O)(=O)c1ccc(-c2n[nH]c(-c3ccccc3NCc3ccc4c(c3)OCO4)n2)cc1. The number of aromatic nitrogens is 3. The van der Waals surface area contributed by atoms with Gasteiger partial charge in [-0.25, -0.2) is 13.4 Å². The summed E-state index contributed by atoms with van der Waals surface area (Å²) >= 11 is 0. The lowest BCUT2D eigenvalue weighted by Gasteiger charge is -2.11. The Morgan fingerprint density at radius 3 is 2.59 bits per heavy atom. The normalized spacial score (nSPS) is 12.7. The Hall–Kier alpha value is -3.85. The molecule has 0 saturated carbocycles. The highest BCUT2D eigenvalue weighted by molar-refractivity contribution is 7.90. The van der Waals surface area contributed by atoms with Gasteiger partial charge < -0.3 is 14.8 Å². The van der Waals surface area contributed by atoms with Gasteiger partial charge in [-0.1, -0.05) is 18.2 Å². The van der Waals surface area contributed by atoms with E-state index in [2.05, 4.69) is 20.5 Å². The first-order valence-electron chi connectivity index (χ1n) is 9.92. The number of aromatic amines is 1. The number of ether oxygens (including phenoxy) is 2. The van der Waals surface area contributed by atoms with Crippen LogP contribution in [0.1, 0.15) is 5.56 Å². The van der Waals surface area contributed by atoms with E-state index in [9.17, 15) is 8.42 Å². The highest BCUT2D eigenvalue weighted by Crippen LogP contribution is 2.33. The molecule has 1 aromatic heterocycles. The van der Waals surface area contributed by atoms with Crippen LogP contribution in [0.4, 0.5) is 5.69 Å². The summed E-state index contributed by atoms with van der Waals surface area (Å²) in [6, 6.07) is 20.2. The van der Waals surface area contributed by atoms with E-state index in [1.807, 2.05) is 42.5 Å². The first-order chi connectivity index (χ1) is 15.5. The van der Waals surface area contributed by atoms with Crippen LogP contribution in [0, 0.1) is 0 Å². The maximum atomic E-state index is 11.7. The average molecular weight is 449 g/mol. The summed E-state index contributed by atoms with van der Waals surface area (Å²) in [5.74, 6) is 2.61. The second-order valence-corrected chi connectivity index (χ2v) is 9.41. The van der Waals surface area contributed by atoms with Crippen LogP contribution in [0.25, 0.3) is 22.8 Å². The van der Waals surface area contributed by atoms with Crippen LogP contribution in [-0.4, -0.2) is 36.6 Å². The lowest BCUT2D eigenvalue weighted by Crippen LogP contribution is -2.01. The third-order valence-corrected chi connectivity index (χ3v) is 6.26. The van der Waals surface area contributed by atoms with Gasteiger partial charge in [-0.3, -0.25) is 5.10 Å². The van der Waals surface area contributed by atoms with E-state index in [0.29, 0.717) is 18.2 Å². The average Bonchev–Trinajstić information content (AvgIpc) is 3.47. The highest BCUT2D eigenvalue weighted by atomic mass is 32.2. The van der Waals surface area contributed by atoms with Crippen LogP contribution >= 0.6 is 0 Å². The molecule has 0 saturated heterocycles. The van der Waals surface area contributed by atoms with Crippen LogP contribution in [0.2, 0.25) is 0 Å². The molecule has 2 N–H and O–H groups in total. The summed E-state index contributed by atoms with van der Waals surface area (Å²) in [7, 11) is -3.25. The minimum Gasteiger partial charge on any atom is -0.454 e. The third kappa shape index (κ3) is 4.02. The van der Waals surface area contributed by atoms with E-state index in [1.165, 1.54) is 6.26 Å². The predicted molar refractivity (Wildman–Crippen MR) is 120 cm³/mol. The summed E-state index contributed by atoms with van der Waals surface area (Å²) in [5.41, 5.74) is 3.57. The summed E-state index contributed by atoms with van der Waals surface area (Å²) in [4.78, 5) is 4.87. The van der Waals surface area contributed by atoms with Gasteiger partial charge in [0, 0.05) is 29.6 Å². The molecule has 0 fully saturated rings. The van der Waals surface area contributed by atoms with Crippen molar-refractivity contribution in [1.82, 2.24) is 15.2 Å². The van der Waals surface area contributed by atoms with Crippen molar-refractivity contribution >= 4 is 15.5 Å². The van der Waals surface area contributed by atoms with Crippen molar-refractivity contribution in [3.63, 3.8) is 0 Å². The maximum absolute atomic E-state index is 11.7. The Labute approximate surface area is 185 Å². The van der Waals surface area contributed by atoms with Crippen molar-refractivity contribution in [1.29, 1.82) is 0 Å². The third-order valence-electron chi connectivity index (χ3n) is 5.13. The minimum absolute atomic E-state index is 0.250. The second kappa shape index (κ2) is 8.01. The Kier molecular flexibility index (Phi) is 5.02. The fourth-order valence-electron chi connectivity index (χ4n) is 3.45. The van der Waals surface area contributed by atoms with Gasteiger partial charge in [-0.15, -0.1) is 0 Å². The van der Waals surface area contributed by atoms with E-state index in [-0.39, 0.29) is 11.7 Å². The number of nitrogens with one attached hydrogen (secondary N) is 2. The van der Waals surface area contributed by atoms with Crippen LogP contribution < -0.4 is 14.8 Å². The van der Waals surface area contributed by atoms with Crippen LogP contribution in [0.5, 0.6) is 11.5 Å². The molecule has 2 heterocycles. The molecule has 0 radical (unpaired) electrons. The summed E-state index contributed by atoms with van der Waals surface area (Å²) < 4.78 is 34.2. The number of fused-ring (bicyclic) bond motifs is 1. The van der Waals surface area contributed by atoms with E-state index in [4.69, 9.17) is 9.47 Å². The number of H-pyrrole nitrogens is 1. The monoisotopic (exact) mass is 448 g/mol. The molecule has 1 aliphatic heterocycles. The number of benzene rings is 3. The molecule has 8 nitrogen and oxygen atoms in total. The summed E-state index contributed by atoms with van der Waals surface area (Å²) in [5, 5.41) is 10.7. The second-order valence-electron chi connectivity index (χ2n) is 7.39. The van der Waals surface area contributed by atoms with Gasteiger partial charge in [0.2, 0.25) is 6.79 Å². The Morgan fingerprint density at radius 2 is 1.78 bits per heavy atom. The number of hydrogen-bond acceptors (Lipinski definition) is 7. The van der Waals surface area contributed by atoms with Crippen molar-refractivity contribution in [2.45, 2.75) is 11.4 Å². The minimum atomic E-state index is -3.25. The molecule has 0 aliphatic carbocycles. The Morgan fingerprint density at radius 1 is 1.00 bits per heavy atom. The molecule has 5 rings (SSSR count). The summed E-state index contributed by atoms with van der Waals surface area (Å²) in [6.45, 7) is 0.849.